The zero-order chi connectivity index (χ0) is 11.4. The number of aryl methyl sites for hydroxylation is 1. The highest BCUT2D eigenvalue weighted by atomic mass is 16.3. The molecule has 0 fully saturated rings. The van der Waals surface area contributed by atoms with Crippen molar-refractivity contribution in [3.63, 3.8) is 0 Å². The molecule has 0 saturated carbocycles. The number of fused-ring (bicyclic) bond motifs is 1. The third-order valence-corrected chi connectivity index (χ3v) is 2.71. The molecule has 1 N–H and O–H groups in total. The number of aliphatic hydroxyl groups excluding tert-OH is 1. The van der Waals surface area contributed by atoms with Crippen molar-refractivity contribution in [2.45, 2.75) is 26.0 Å². The molecule has 0 aliphatic carbocycles. The van der Waals surface area contributed by atoms with Crippen molar-refractivity contribution < 1.29 is 5.11 Å². The van der Waals surface area contributed by atoms with Crippen molar-refractivity contribution in [1.82, 2.24) is 4.57 Å². The molecule has 3 nitrogen and oxygen atoms in total. The summed E-state index contributed by atoms with van der Waals surface area (Å²) >= 11 is 0. The molecule has 0 aliphatic rings. The Labute approximate surface area is 94.5 Å². The van der Waals surface area contributed by atoms with E-state index in [0.717, 1.165) is 29.4 Å². The van der Waals surface area contributed by atoms with E-state index in [-0.39, 0.29) is 6.61 Å². The van der Waals surface area contributed by atoms with Crippen LogP contribution in [-0.2, 0) is 13.2 Å². The second-order valence-electron chi connectivity index (χ2n) is 3.82. The van der Waals surface area contributed by atoms with Gasteiger partial charge in [-0.2, -0.15) is 5.26 Å². The van der Waals surface area contributed by atoms with Crippen LogP contribution in [0, 0.1) is 11.3 Å². The second-order valence-corrected chi connectivity index (χ2v) is 3.82. The summed E-state index contributed by atoms with van der Waals surface area (Å²) in [5.41, 5.74) is 2.09. The molecule has 0 unspecified atom stereocenters. The summed E-state index contributed by atoms with van der Waals surface area (Å²) in [6.07, 6.45) is 3.50. The summed E-state index contributed by atoms with van der Waals surface area (Å²) in [6.45, 7) is 0.949. The van der Waals surface area contributed by atoms with E-state index in [1.165, 1.54) is 0 Å². The van der Waals surface area contributed by atoms with Gasteiger partial charge in [0.15, 0.2) is 0 Å². The van der Waals surface area contributed by atoms with Crippen molar-refractivity contribution in [2.75, 3.05) is 0 Å². The number of hydrogen-bond acceptors (Lipinski definition) is 2. The lowest BCUT2D eigenvalue weighted by molar-refractivity contribution is 0.282. The van der Waals surface area contributed by atoms with E-state index in [1.807, 2.05) is 30.5 Å². The highest BCUT2D eigenvalue weighted by Gasteiger charge is 2.01. The summed E-state index contributed by atoms with van der Waals surface area (Å²) in [7, 11) is 0. The first-order valence-electron chi connectivity index (χ1n) is 5.41. The molecule has 0 radical (unpaired) electrons. The van der Waals surface area contributed by atoms with Gasteiger partial charge in [-0.15, -0.1) is 0 Å². The number of nitrogens with zero attached hydrogens (tertiary/aromatic N) is 2. The van der Waals surface area contributed by atoms with Gasteiger partial charge in [0.05, 0.1) is 12.7 Å². The van der Waals surface area contributed by atoms with Gasteiger partial charge >= 0.3 is 0 Å². The Morgan fingerprint density at radius 1 is 1.31 bits per heavy atom. The fraction of sp³-hybridized carbons (Fsp3) is 0.308. The second kappa shape index (κ2) is 4.82. The molecule has 2 rings (SSSR count). The number of hydrogen-bond donors (Lipinski definition) is 1. The van der Waals surface area contributed by atoms with E-state index in [2.05, 4.69) is 10.6 Å². The minimum absolute atomic E-state index is 0.0789. The third-order valence-electron chi connectivity index (χ3n) is 2.71. The van der Waals surface area contributed by atoms with E-state index in [4.69, 9.17) is 10.4 Å². The highest BCUT2D eigenvalue weighted by molar-refractivity contribution is 5.80. The van der Waals surface area contributed by atoms with Crippen molar-refractivity contribution in [1.29, 1.82) is 5.26 Å². The fourth-order valence-electron chi connectivity index (χ4n) is 1.87. The van der Waals surface area contributed by atoms with Crippen LogP contribution in [0.3, 0.4) is 0 Å². The van der Waals surface area contributed by atoms with Crippen LogP contribution in [0.5, 0.6) is 0 Å². The zero-order valence-electron chi connectivity index (χ0n) is 9.06. The quantitative estimate of drug-likeness (QED) is 0.795. The topological polar surface area (TPSA) is 49.0 Å². The molecule has 1 aromatic carbocycles. The molecule has 82 valence electrons. The van der Waals surface area contributed by atoms with Crippen molar-refractivity contribution in [2.24, 2.45) is 0 Å². The SMILES string of the molecule is N#CCCCn1ccc2cc(CO)ccc21. The maximum Gasteiger partial charge on any atom is 0.0682 e. The number of rotatable bonds is 4. The van der Waals surface area contributed by atoms with Crippen LogP contribution >= 0.6 is 0 Å². The van der Waals surface area contributed by atoms with Gasteiger partial charge in [0, 0.05) is 24.7 Å². The minimum atomic E-state index is 0.0789. The summed E-state index contributed by atoms with van der Waals surface area (Å²) < 4.78 is 2.15. The molecule has 1 aromatic heterocycles. The van der Waals surface area contributed by atoms with Gasteiger partial charge in [0.1, 0.15) is 0 Å². The van der Waals surface area contributed by atoms with Gasteiger partial charge in [-0.3, -0.25) is 0 Å². The molecule has 0 saturated heterocycles. The smallest absolute Gasteiger partial charge is 0.0682 e. The van der Waals surface area contributed by atoms with Crippen molar-refractivity contribution >= 4 is 10.9 Å². The molecule has 1 heterocycles. The predicted molar refractivity (Wildman–Crippen MR) is 62.7 cm³/mol. The lowest BCUT2D eigenvalue weighted by atomic mass is 10.2. The summed E-state index contributed by atoms with van der Waals surface area (Å²) in [5.74, 6) is 0. The molecular weight excluding hydrogens is 200 g/mol. The minimum Gasteiger partial charge on any atom is -0.392 e. The number of benzene rings is 1. The van der Waals surface area contributed by atoms with Crippen LogP contribution in [0.1, 0.15) is 18.4 Å². The van der Waals surface area contributed by atoms with Crippen molar-refractivity contribution in [3.05, 3.63) is 36.0 Å². The standard InChI is InChI=1S/C13H14N2O/c14-6-1-2-7-15-8-5-12-9-11(10-16)3-4-13(12)15/h3-5,8-9,16H,1-2,7,10H2. The fourth-order valence-corrected chi connectivity index (χ4v) is 1.87. The average Bonchev–Trinajstić information content (AvgIpc) is 2.72. The Kier molecular flexibility index (Phi) is 3.23. The number of aromatic nitrogens is 1. The first-order chi connectivity index (χ1) is 7.85. The van der Waals surface area contributed by atoms with Crippen LogP contribution in [0.25, 0.3) is 10.9 Å². The molecular formula is C13H14N2O. The van der Waals surface area contributed by atoms with Crippen LogP contribution in [0.15, 0.2) is 30.5 Å². The Bertz CT molecular complexity index is 522. The molecule has 0 spiro atoms. The lowest BCUT2D eigenvalue weighted by Crippen LogP contribution is -1.95. The molecule has 3 heteroatoms. The average molecular weight is 214 g/mol. The van der Waals surface area contributed by atoms with Gasteiger partial charge in [-0.25, -0.2) is 0 Å². The summed E-state index contributed by atoms with van der Waals surface area (Å²) in [5, 5.41) is 18.7. The van der Waals surface area contributed by atoms with Gasteiger partial charge in [-0.05, 0) is 35.6 Å². The molecule has 2 aromatic rings. The van der Waals surface area contributed by atoms with E-state index < -0.39 is 0 Å². The Balaban J connectivity index is 2.24. The normalized spacial score (nSPS) is 10.5. The lowest BCUT2D eigenvalue weighted by Gasteiger charge is -2.04. The predicted octanol–water partition coefficient (Wildman–Crippen LogP) is 2.44. The van der Waals surface area contributed by atoms with Crippen LogP contribution < -0.4 is 0 Å². The van der Waals surface area contributed by atoms with E-state index >= 15 is 0 Å². The molecule has 0 atom stereocenters. The first kappa shape index (κ1) is 10.7. The van der Waals surface area contributed by atoms with Crippen LogP contribution in [0.2, 0.25) is 0 Å². The molecule has 0 amide bonds. The maximum atomic E-state index is 9.03. The van der Waals surface area contributed by atoms with Crippen LogP contribution in [-0.4, -0.2) is 9.67 Å². The zero-order valence-corrected chi connectivity index (χ0v) is 9.06. The van der Waals surface area contributed by atoms with Crippen LogP contribution in [0.4, 0.5) is 0 Å². The molecule has 0 aliphatic heterocycles. The molecule has 0 bridgehead atoms. The Hall–Kier alpha value is -1.79. The summed E-state index contributed by atoms with van der Waals surface area (Å²) in [4.78, 5) is 0. The van der Waals surface area contributed by atoms with Gasteiger partial charge in [0.25, 0.3) is 0 Å². The first-order valence-corrected chi connectivity index (χ1v) is 5.41. The van der Waals surface area contributed by atoms with E-state index in [0.29, 0.717) is 6.42 Å². The number of aliphatic hydroxyl groups is 1. The number of nitriles is 1. The third kappa shape index (κ3) is 2.07. The molecule has 16 heavy (non-hydrogen) atoms. The van der Waals surface area contributed by atoms with Gasteiger partial charge < -0.3 is 9.67 Å². The van der Waals surface area contributed by atoms with Gasteiger partial charge in [-0.1, -0.05) is 6.07 Å². The van der Waals surface area contributed by atoms with E-state index in [9.17, 15) is 0 Å². The van der Waals surface area contributed by atoms with Crippen molar-refractivity contribution in [3.8, 4) is 6.07 Å². The Morgan fingerprint density at radius 3 is 2.94 bits per heavy atom. The highest BCUT2D eigenvalue weighted by Crippen LogP contribution is 2.18. The number of unbranched alkanes of at least 4 members (excludes halogenated alkanes) is 1. The monoisotopic (exact) mass is 214 g/mol. The van der Waals surface area contributed by atoms with E-state index in [1.54, 1.807) is 0 Å². The van der Waals surface area contributed by atoms with Gasteiger partial charge in [0.2, 0.25) is 0 Å². The summed E-state index contributed by atoms with van der Waals surface area (Å²) in [6, 6.07) is 10.1. The maximum absolute atomic E-state index is 9.03. The Morgan fingerprint density at radius 2 is 2.19 bits per heavy atom. The largest absolute Gasteiger partial charge is 0.392 e.